The van der Waals surface area contributed by atoms with E-state index < -0.39 is 5.97 Å². The molecule has 0 spiro atoms. The van der Waals surface area contributed by atoms with Crippen molar-refractivity contribution in [2.75, 3.05) is 0 Å². The lowest BCUT2D eigenvalue weighted by Gasteiger charge is -2.46. The first kappa shape index (κ1) is 16.5. The molecule has 0 aliphatic heterocycles. The molecule has 5 atom stereocenters. The van der Waals surface area contributed by atoms with Crippen molar-refractivity contribution in [2.45, 2.75) is 58.8 Å². The van der Waals surface area contributed by atoms with Crippen LogP contribution in [0.15, 0.2) is 24.3 Å². The number of fused-ring (bicyclic) bond motifs is 1. The Morgan fingerprint density at radius 1 is 1.13 bits per heavy atom. The second kappa shape index (κ2) is 6.67. The minimum Gasteiger partial charge on any atom is -0.481 e. The molecule has 1 aromatic rings. The number of carboxylic acids is 1. The largest absolute Gasteiger partial charge is 0.481 e. The average Bonchev–Trinajstić information content (AvgIpc) is 2.53. The first-order valence-electron chi connectivity index (χ1n) is 9.31. The van der Waals surface area contributed by atoms with Crippen LogP contribution in [0.25, 0.3) is 0 Å². The molecule has 5 unspecified atom stereocenters. The summed E-state index contributed by atoms with van der Waals surface area (Å²) in [5.41, 5.74) is 3.05. The Morgan fingerprint density at radius 3 is 2.57 bits per heavy atom. The zero-order valence-electron chi connectivity index (χ0n) is 14.7. The number of benzene rings is 1. The standard InChI is InChI=1S/C21H30O2/c1-13(2)20-18-8-5-4-7-15(18)11-12-19(20)16-9-6-10-17(14(16)3)21(22)23/h4-5,7-8,13-14,16-17,19-20H,6,9-12H2,1-3H3,(H,22,23). The van der Waals surface area contributed by atoms with Gasteiger partial charge in [-0.15, -0.1) is 0 Å². The summed E-state index contributed by atoms with van der Waals surface area (Å²) in [5, 5.41) is 9.56. The highest BCUT2D eigenvalue weighted by atomic mass is 16.4. The maximum Gasteiger partial charge on any atom is 0.306 e. The highest BCUT2D eigenvalue weighted by molar-refractivity contribution is 5.70. The molecule has 3 rings (SSSR count). The summed E-state index contributed by atoms with van der Waals surface area (Å²) in [6, 6.07) is 8.92. The van der Waals surface area contributed by atoms with Gasteiger partial charge < -0.3 is 5.11 Å². The molecule has 2 aliphatic rings. The van der Waals surface area contributed by atoms with E-state index in [1.54, 1.807) is 0 Å². The molecule has 23 heavy (non-hydrogen) atoms. The Morgan fingerprint density at radius 2 is 1.87 bits per heavy atom. The molecule has 1 N–H and O–H groups in total. The van der Waals surface area contributed by atoms with E-state index in [0.29, 0.717) is 29.6 Å². The van der Waals surface area contributed by atoms with E-state index in [4.69, 9.17) is 0 Å². The van der Waals surface area contributed by atoms with E-state index >= 15 is 0 Å². The maximum atomic E-state index is 11.6. The minimum absolute atomic E-state index is 0.140. The first-order chi connectivity index (χ1) is 11.0. The summed E-state index contributed by atoms with van der Waals surface area (Å²) in [5.74, 6) is 1.97. The lowest BCUT2D eigenvalue weighted by Crippen LogP contribution is -2.40. The van der Waals surface area contributed by atoms with Crippen LogP contribution in [0, 0.1) is 29.6 Å². The highest BCUT2D eigenvalue weighted by Crippen LogP contribution is 2.50. The summed E-state index contributed by atoms with van der Waals surface area (Å²) in [4.78, 5) is 11.6. The van der Waals surface area contributed by atoms with Crippen molar-refractivity contribution in [2.24, 2.45) is 29.6 Å². The monoisotopic (exact) mass is 314 g/mol. The number of aliphatic carboxylic acids is 1. The number of carbonyl (C=O) groups is 1. The van der Waals surface area contributed by atoms with Crippen LogP contribution >= 0.6 is 0 Å². The molecule has 1 aromatic carbocycles. The smallest absolute Gasteiger partial charge is 0.306 e. The molecule has 0 amide bonds. The number of hydrogen-bond acceptors (Lipinski definition) is 1. The van der Waals surface area contributed by atoms with E-state index in [2.05, 4.69) is 45.0 Å². The minimum atomic E-state index is -0.584. The van der Waals surface area contributed by atoms with Crippen LogP contribution in [0.1, 0.15) is 63.5 Å². The summed E-state index contributed by atoms with van der Waals surface area (Å²) in [6.07, 6.45) is 5.53. The molecule has 0 saturated heterocycles. The predicted octanol–water partition coefficient (Wildman–Crippen LogP) is 5.13. The number of aryl methyl sites for hydroxylation is 1. The van der Waals surface area contributed by atoms with Gasteiger partial charge in [-0.1, -0.05) is 51.5 Å². The van der Waals surface area contributed by atoms with E-state index in [-0.39, 0.29) is 5.92 Å². The van der Waals surface area contributed by atoms with Crippen molar-refractivity contribution in [3.05, 3.63) is 35.4 Å². The van der Waals surface area contributed by atoms with Gasteiger partial charge in [-0.25, -0.2) is 0 Å². The van der Waals surface area contributed by atoms with Gasteiger partial charge in [0.05, 0.1) is 5.92 Å². The molecule has 2 aliphatic carbocycles. The normalized spacial score (nSPS) is 34.2. The molecule has 0 bridgehead atoms. The third kappa shape index (κ3) is 3.05. The van der Waals surface area contributed by atoms with Crippen molar-refractivity contribution in [1.29, 1.82) is 0 Å². The van der Waals surface area contributed by atoms with Gasteiger partial charge >= 0.3 is 5.97 Å². The van der Waals surface area contributed by atoms with Gasteiger partial charge in [0.2, 0.25) is 0 Å². The van der Waals surface area contributed by atoms with Gasteiger partial charge in [0.1, 0.15) is 0 Å². The third-order valence-electron chi connectivity index (χ3n) is 6.57. The molecule has 1 fully saturated rings. The quantitative estimate of drug-likeness (QED) is 0.840. The van der Waals surface area contributed by atoms with Crippen LogP contribution in [-0.4, -0.2) is 11.1 Å². The zero-order chi connectivity index (χ0) is 16.6. The summed E-state index contributed by atoms with van der Waals surface area (Å²) >= 11 is 0. The van der Waals surface area contributed by atoms with Gasteiger partial charge in [0.15, 0.2) is 0 Å². The van der Waals surface area contributed by atoms with Crippen molar-refractivity contribution in [1.82, 2.24) is 0 Å². The zero-order valence-corrected chi connectivity index (χ0v) is 14.7. The number of rotatable bonds is 3. The summed E-state index contributed by atoms with van der Waals surface area (Å²) < 4.78 is 0. The molecule has 1 saturated carbocycles. The maximum absolute atomic E-state index is 11.6. The molecule has 126 valence electrons. The molecule has 2 nitrogen and oxygen atoms in total. The van der Waals surface area contributed by atoms with Gasteiger partial charge in [-0.05, 0) is 66.4 Å². The van der Waals surface area contributed by atoms with Crippen molar-refractivity contribution >= 4 is 5.97 Å². The van der Waals surface area contributed by atoms with E-state index in [0.717, 1.165) is 19.3 Å². The Hall–Kier alpha value is -1.31. The molecular weight excluding hydrogens is 284 g/mol. The van der Waals surface area contributed by atoms with Crippen LogP contribution in [0.3, 0.4) is 0 Å². The second-order valence-corrected chi connectivity index (χ2v) is 8.07. The molecule has 0 aromatic heterocycles. The van der Waals surface area contributed by atoms with Gasteiger partial charge in [0, 0.05) is 0 Å². The topological polar surface area (TPSA) is 37.3 Å². The summed E-state index contributed by atoms with van der Waals surface area (Å²) in [7, 11) is 0. The molecule has 0 radical (unpaired) electrons. The second-order valence-electron chi connectivity index (χ2n) is 8.07. The van der Waals surface area contributed by atoms with Gasteiger partial charge in [-0.2, -0.15) is 0 Å². The summed E-state index contributed by atoms with van der Waals surface area (Å²) in [6.45, 7) is 6.87. The van der Waals surface area contributed by atoms with Crippen LogP contribution in [-0.2, 0) is 11.2 Å². The van der Waals surface area contributed by atoms with Gasteiger partial charge in [0.25, 0.3) is 0 Å². The number of carboxylic acid groups (broad SMARTS) is 1. The fourth-order valence-corrected chi connectivity index (χ4v) is 5.50. The van der Waals surface area contributed by atoms with Crippen molar-refractivity contribution in [3.63, 3.8) is 0 Å². The lowest BCUT2D eigenvalue weighted by atomic mass is 9.58. The number of hydrogen-bond donors (Lipinski definition) is 1. The third-order valence-corrected chi connectivity index (χ3v) is 6.57. The Bertz CT molecular complexity index is 563. The van der Waals surface area contributed by atoms with E-state index in [1.165, 1.54) is 24.0 Å². The molecule has 2 heteroatoms. The van der Waals surface area contributed by atoms with Crippen LogP contribution in [0.2, 0.25) is 0 Å². The van der Waals surface area contributed by atoms with Crippen molar-refractivity contribution < 1.29 is 9.90 Å². The fourth-order valence-electron chi connectivity index (χ4n) is 5.50. The highest BCUT2D eigenvalue weighted by Gasteiger charge is 2.43. The van der Waals surface area contributed by atoms with E-state index in [1.807, 2.05) is 0 Å². The Balaban J connectivity index is 1.91. The molecule has 0 heterocycles. The first-order valence-corrected chi connectivity index (χ1v) is 9.31. The molecular formula is C21H30O2. The fraction of sp³-hybridized carbons (Fsp3) is 0.667. The Labute approximate surface area is 140 Å². The predicted molar refractivity (Wildman–Crippen MR) is 93.5 cm³/mol. The average molecular weight is 314 g/mol. The van der Waals surface area contributed by atoms with Gasteiger partial charge in [-0.3, -0.25) is 4.79 Å². The van der Waals surface area contributed by atoms with Crippen LogP contribution < -0.4 is 0 Å². The Kier molecular flexibility index (Phi) is 4.79. The van der Waals surface area contributed by atoms with Crippen molar-refractivity contribution in [3.8, 4) is 0 Å². The van der Waals surface area contributed by atoms with Crippen LogP contribution in [0.5, 0.6) is 0 Å². The van der Waals surface area contributed by atoms with E-state index in [9.17, 15) is 9.90 Å². The SMILES string of the molecule is CC(C)C1c2ccccc2CCC1C1CCCC(C(=O)O)C1C. The lowest BCUT2D eigenvalue weighted by molar-refractivity contribution is -0.146. The van der Waals surface area contributed by atoms with Crippen LogP contribution in [0.4, 0.5) is 0 Å².